The van der Waals surface area contributed by atoms with E-state index in [9.17, 15) is 9.90 Å². The smallest absolute Gasteiger partial charge is 0.334 e. The van der Waals surface area contributed by atoms with Gasteiger partial charge >= 0.3 is 7.48 Å². The number of hydrogen-bond acceptors (Lipinski definition) is 4. The number of ether oxygens (including phenoxy) is 1. The third-order valence-electron chi connectivity index (χ3n) is 3.40. The van der Waals surface area contributed by atoms with E-state index in [0.29, 0.717) is 11.2 Å². The molecule has 1 rings (SSSR count). The first-order valence-electron chi connectivity index (χ1n) is 6.06. The molecule has 0 unspecified atom stereocenters. The van der Waals surface area contributed by atoms with Crippen LogP contribution in [-0.4, -0.2) is 35.5 Å². The van der Waals surface area contributed by atoms with Crippen molar-refractivity contribution in [3.63, 3.8) is 0 Å². The molecule has 1 N–H and O–H groups in total. The van der Waals surface area contributed by atoms with Crippen LogP contribution in [0.15, 0.2) is 17.1 Å². The summed E-state index contributed by atoms with van der Waals surface area (Å²) in [7, 11) is 4.62. The average molecular weight is 266 g/mol. The number of pyridine rings is 1. The van der Waals surface area contributed by atoms with Gasteiger partial charge in [-0.1, -0.05) is 0 Å². The molecule has 105 valence electrons. The van der Waals surface area contributed by atoms with Crippen molar-refractivity contribution in [1.29, 1.82) is 0 Å². The van der Waals surface area contributed by atoms with Crippen molar-refractivity contribution in [2.75, 3.05) is 7.11 Å². The Balaban J connectivity index is 2.95. The highest BCUT2D eigenvalue weighted by Crippen LogP contribution is 2.24. The molecule has 0 bridgehead atoms. The van der Waals surface area contributed by atoms with Gasteiger partial charge in [0, 0.05) is 19.3 Å². The van der Waals surface area contributed by atoms with Crippen molar-refractivity contribution in [3.05, 3.63) is 22.6 Å². The van der Waals surface area contributed by atoms with Crippen LogP contribution < -0.4 is 15.8 Å². The van der Waals surface area contributed by atoms with Gasteiger partial charge in [0.15, 0.2) is 0 Å². The number of rotatable bonds is 5. The van der Waals surface area contributed by atoms with Crippen molar-refractivity contribution < 1.29 is 14.5 Å². The molecule has 0 aliphatic rings. The molecule has 0 amide bonds. The summed E-state index contributed by atoms with van der Waals surface area (Å²) >= 11 is 0. The Bertz CT molecular complexity index is 502. The SMILES string of the molecule is COc1cn(C)c(=O)cc1[B]OC(C)(C)C(C)(C)O. The molecular formula is C13H21BNO4. The second-order valence-electron chi connectivity index (χ2n) is 5.55. The molecule has 0 spiro atoms. The van der Waals surface area contributed by atoms with Gasteiger partial charge in [-0.05, 0) is 33.2 Å². The highest BCUT2D eigenvalue weighted by Gasteiger charge is 2.36. The molecule has 1 aromatic rings. The Hall–Kier alpha value is -1.27. The largest absolute Gasteiger partial charge is 0.496 e. The fourth-order valence-corrected chi connectivity index (χ4v) is 1.24. The Morgan fingerprint density at radius 1 is 1.32 bits per heavy atom. The second-order valence-corrected chi connectivity index (χ2v) is 5.55. The zero-order valence-corrected chi connectivity index (χ0v) is 12.4. The molecule has 0 fully saturated rings. The normalized spacial score (nSPS) is 12.4. The second kappa shape index (κ2) is 5.39. The lowest BCUT2D eigenvalue weighted by molar-refractivity contribution is -0.0893. The predicted molar refractivity (Wildman–Crippen MR) is 75.1 cm³/mol. The van der Waals surface area contributed by atoms with Gasteiger partial charge in [-0.15, -0.1) is 0 Å². The highest BCUT2D eigenvalue weighted by molar-refractivity contribution is 6.48. The predicted octanol–water partition coefficient (Wildman–Crippen LogP) is 0.204. The number of aryl methyl sites for hydroxylation is 1. The molecule has 19 heavy (non-hydrogen) atoms. The molecule has 0 atom stereocenters. The maximum absolute atomic E-state index is 11.6. The lowest BCUT2D eigenvalue weighted by Crippen LogP contribution is -2.49. The van der Waals surface area contributed by atoms with Gasteiger partial charge in [-0.25, -0.2) is 0 Å². The van der Waals surface area contributed by atoms with E-state index >= 15 is 0 Å². The molecule has 0 aliphatic heterocycles. The van der Waals surface area contributed by atoms with Gasteiger partial charge in [0.1, 0.15) is 5.75 Å². The van der Waals surface area contributed by atoms with Crippen LogP contribution in [0.2, 0.25) is 0 Å². The molecule has 0 saturated heterocycles. The van der Waals surface area contributed by atoms with Crippen molar-refractivity contribution in [2.24, 2.45) is 7.05 Å². The fraction of sp³-hybridized carbons (Fsp3) is 0.615. The summed E-state index contributed by atoms with van der Waals surface area (Å²) in [5.74, 6) is 0.536. The summed E-state index contributed by atoms with van der Waals surface area (Å²) in [6.45, 7) is 6.89. The first-order valence-corrected chi connectivity index (χ1v) is 6.06. The highest BCUT2D eigenvalue weighted by atomic mass is 16.5. The lowest BCUT2D eigenvalue weighted by atomic mass is 9.82. The quantitative estimate of drug-likeness (QED) is 0.774. The van der Waals surface area contributed by atoms with E-state index in [1.807, 2.05) is 0 Å². The van der Waals surface area contributed by atoms with Crippen molar-refractivity contribution >= 4 is 12.9 Å². The summed E-state index contributed by atoms with van der Waals surface area (Å²) in [6.07, 6.45) is 1.59. The zero-order valence-electron chi connectivity index (χ0n) is 12.4. The monoisotopic (exact) mass is 266 g/mol. The summed E-state index contributed by atoms with van der Waals surface area (Å²) < 4.78 is 12.2. The Kier molecular flexibility index (Phi) is 4.48. The lowest BCUT2D eigenvalue weighted by Gasteiger charge is -2.37. The van der Waals surface area contributed by atoms with Gasteiger partial charge in [0.2, 0.25) is 5.56 Å². The van der Waals surface area contributed by atoms with E-state index in [4.69, 9.17) is 9.39 Å². The minimum atomic E-state index is -1.02. The van der Waals surface area contributed by atoms with Crippen LogP contribution in [0.3, 0.4) is 0 Å². The number of nitrogens with zero attached hydrogens (tertiary/aromatic N) is 1. The number of aliphatic hydroxyl groups is 1. The van der Waals surface area contributed by atoms with Gasteiger partial charge < -0.3 is 19.1 Å². The minimum absolute atomic E-state index is 0.156. The molecule has 6 heteroatoms. The number of aromatic nitrogens is 1. The van der Waals surface area contributed by atoms with Crippen LogP contribution in [0.4, 0.5) is 0 Å². The topological polar surface area (TPSA) is 60.7 Å². The third kappa shape index (κ3) is 3.61. The van der Waals surface area contributed by atoms with Crippen molar-refractivity contribution in [3.8, 4) is 5.75 Å². The van der Waals surface area contributed by atoms with Crippen LogP contribution in [0.5, 0.6) is 5.75 Å². The molecule has 0 aromatic carbocycles. The van der Waals surface area contributed by atoms with Crippen molar-refractivity contribution in [1.82, 2.24) is 4.57 Å². The fourth-order valence-electron chi connectivity index (χ4n) is 1.24. The molecule has 0 aliphatic carbocycles. The van der Waals surface area contributed by atoms with Crippen molar-refractivity contribution in [2.45, 2.75) is 38.9 Å². The van der Waals surface area contributed by atoms with Gasteiger partial charge in [-0.2, -0.15) is 0 Å². The third-order valence-corrected chi connectivity index (χ3v) is 3.40. The molecule has 0 saturated carbocycles. The van der Waals surface area contributed by atoms with Crippen LogP contribution in [0.1, 0.15) is 27.7 Å². The van der Waals surface area contributed by atoms with Crippen LogP contribution in [-0.2, 0) is 11.7 Å². The first kappa shape index (κ1) is 15.8. The zero-order chi connectivity index (χ0) is 14.8. The van der Waals surface area contributed by atoms with E-state index in [2.05, 4.69) is 0 Å². The van der Waals surface area contributed by atoms with Gasteiger partial charge in [0.05, 0.1) is 18.3 Å². The van der Waals surface area contributed by atoms with Crippen LogP contribution in [0, 0.1) is 0 Å². The summed E-state index contributed by atoms with van der Waals surface area (Å²) in [5.41, 5.74) is -1.42. The minimum Gasteiger partial charge on any atom is -0.496 e. The van der Waals surface area contributed by atoms with E-state index in [-0.39, 0.29) is 5.56 Å². The standard InChI is InChI=1S/C13H21BNO4/c1-12(2,17)13(3,4)19-14-9-7-11(16)15(5)8-10(9)18-6/h7-8,17H,1-6H3. The maximum atomic E-state index is 11.6. The molecule has 1 aromatic heterocycles. The summed E-state index contributed by atoms with van der Waals surface area (Å²) in [6, 6.07) is 1.43. The van der Waals surface area contributed by atoms with E-state index in [0.717, 1.165) is 0 Å². The molecule has 1 heterocycles. The Morgan fingerprint density at radius 3 is 2.37 bits per heavy atom. The Morgan fingerprint density at radius 2 is 1.89 bits per heavy atom. The first-order chi connectivity index (χ1) is 8.58. The van der Waals surface area contributed by atoms with Crippen LogP contribution in [0.25, 0.3) is 0 Å². The molecule has 1 radical (unpaired) electrons. The molecule has 5 nitrogen and oxygen atoms in total. The maximum Gasteiger partial charge on any atom is 0.334 e. The van der Waals surface area contributed by atoms with E-state index < -0.39 is 11.2 Å². The van der Waals surface area contributed by atoms with E-state index in [1.165, 1.54) is 25.2 Å². The van der Waals surface area contributed by atoms with E-state index in [1.54, 1.807) is 40.9 Å². The Labute approximate surface area is 114 Å². The van der Waals surface area contributed by atoms with Gasteiger partial charge in [-0.3, -0.25) is 4.79 Å². The summed E-state index contributed by atoms with van der Waals surface area (Å²) in [5, 5.41) is 10.0. The number of methoxy groups -OCH3 is 1. The summed E-state index contributed by atoms with van der Waals surface area (Å²) in [4.78, 5) is 11.6. The van der Waals surface area contributed by atoms with Gasteiger partial charge in [0.25, 0.3) is 0 Å². The average Bonchev–Trinajstić information content (AvgIpc) is 2.28. The number of hydrogen-bond donors (Lipinski definition) is 1. The molecular weight excluding hydrogens is 245 g/mol. The van der Waals surface area contributed by atoms with Crippen LogP contribution >= 0.6 is 0 Å².